The van der Waals surface area contributed by atoms with Crippen LogP contribution in [0.4, 0.5) is 13.2 Å². The van der Waals surface area contributed by atoms with E-state index in [4.69, 9.17) is 0 Å². The Bertz CT molecular complexity index is 227. The van der Waals surface area contributed by atoms with Gasteiger partial charge in [-0.25, -0.2) is 0 Å². The van der Waals surface area contributed by atoms with Gasteiger partial charge in [0, 0.05) is 7.05 Å². The second-order valence-corrected chi connectivity index (χ2v) is 2.46. The Labute approximate surface area is 78.6 Å². The molecule has 0 N–H and O–H groups in total. The van der Waals surface area contributed by atoms with Crippen molar-refractivity contribution in [1.29, 1.82) is 0 Å². The molecule has 4 nitrogen and oxygen atoms in total. The maximum absolute atomic E-state index is 11.8. The molecule has 0 aliphatic heterocycles. The van der Waals surface area contributed by atoms with E-state index in [9.17, 15) is 22.8 Å². The van der Waals surface area contributed by atoms with Gasteiger partial charge < -0.3 is 9.64 Å². The van der Waals surface area contributed by atoms with E-state index in [1.165, 1.54) is 6.92 Å². The summed E-state index contributed by atoms with van der Waals surface area (Å²) >= 11 is 0. The maximum Gasteiger partial charge on any atom is 0.471 e. The predicted molar refractivity (Wildman–Crippen MR) is 40.3 cm³/mol. The van der Waals surface area contributed by atoms with E-state index in [0.717, 1.165) is 7.05 Å². The highest BCUT2D eigenvalue weighted by Crippen LogP contribution is 2.17. The van der Waals surface area contributed by atoms with Gasteiger partial charge in [-0.2, -0.15) is 13.2 Å². The molecule has 0 aliphatic carbocycles. The SMILES string of the molecule is CCOC(=O)CN(C)C(=O)C(F)(F)F. The first kappa shape index (κ1) is 12.7. The van der Waals surface area contributed by atoms with Crippen molar-refractivity contribution in [2.45, 2.75) is 13.1 Å². The van der Waals surface area contributed by atoms with Crippen molar-refractivity contribution in [2.24, 2.45) is 0 Å². The largest absolute Gasteiger partial charge is 0.471 e. The first-order valence-electron chi connectivity index (χ1n) is 3.77. The number of hydrogen-bond donors (Lipinski definition) is 0. The summed E-state index contributed by atoms with van der Waals surface area (Å²) in [4.78, 5) is 21.5. The quantitative estimate of drug-likeness (QED) is 0.644. The van der Waals surface area contributed by atoms with Crippen LogP contribution in [0, 0.1) is 0 Å². The van der Waals surface area contributed by atoms with E-state index >= 15 is 0 Å². The average molecular weight is 213 g/mol. The van der Waals surface area contributed by atoms with Crippen molar-refractivity contribution in [3.63, 3.8) is 0 Å². The molecule has 1 amide bonds. The standard InChI is InChI=1S/C7H10F3NO3/c1-3-14-5(12)4-11(2)6(13)7(8,9)10/h3-4H2,1-2H3. The Morgan fingerprint density at radius 1 is 1.36 bits per heavy atom. The number of carbonyl (C=O) groups excluding carboxylic acids is 2. The fourth-order valence-electron chi connectivity index (χ4n) is 0.688. The van der Waals surface area contributed by atoms with Gasteiger partial charge >= 0.3 is 18.1 Å². The third-order valence-corrected chi connectivity index (χ3v) is 1.26. The number of esters is 1. The van der Waals surface area contributed by atoms with Gasteiger partial charge in [-0.05, 0) is 6.92 Å². The Morgan fingerprint density at radius 3 is 2.21 bits per heavy atom. The zero-order chi connectivity index (χ0) is 11.4. The van der Waals surface area contributed by atoms with E-state index in [1.807, 2.05) is 0 Å². The lowest BCUT2D eigenvalue weighted by Crippen LogP contribution is -2.41. The minimum atomic E-state index is -4.96. The lowest BCUT2D eigenvalue weighted by atomic mass is 10.5. The van der Waals surface area contributed by atoms with Gasteiger partial charge in [-0.3, -0.25) is 9.59 Å². The Balaban J connectivity index is 4.15. The van der Waals surface area contributed by atoms with Crippen molar-refractivity contribution >= 4 is 11.9 Å². The van der Waals surface area contributed by atoms with Crippen LogP contribution in [0.25, 0.3) is 0 Å². The minimum absolute atomic E-state index is 0.0624. The molecule has 82 valence electrons. The Morgan fingerprint density at radius 2 is 1.86 bits per heavy atom. The summed E-state index contributed by atoms with van der Waals surface area (Å²) in [5.74, 6) is -2.93. The summed E-state index contributed by atoms with van der Waals surface area (Å²) in [6.45, 7) is 0.878. The Hall–Kier alpha value is -1.27. The molecular weight excluding hydrogens is 203 g/mol. The van der Waals surface area contributed by atoms with E-state index in [-0.39, 0.29) is 11.5 Å². The summed E-state index contributed by atoms with van der Waals surface area (Å²) < 4.78 is 39.8. The summed E-state index contributed by atoms with van der Waals surface area (Å²) in [6, 6.07) is 0. The van der Waals surface area contributed by atoms with Crippen molar-refractivity contribution in [2.75, 3.05) is 20.2 Å². The monoisotopic (exact) mass is 213 g/mol. The molecule has 0 saturated carbocycles. The number of amides is 1. The molecule has 0 aromatic rings. The molecular formula is C7H10F3NO3. The lowest BCUT2D eigenvalue weighted by Gasteiger charge is -2.17. The molecule has 0 radical (unpaired) electrons. The highest BCUT2D eigenvalue weighted by Gasteiger charge is 2.41. The van der Waals surface area contributed by atoms with Crippen LogP contribution in [0.2, 0.25) is 0 Å². The third kappa shape index (κ3) is 4.11. The van der Waals surface area contributed by atoms with Crippen LogP contribution in [0.3, 0.4) is 0 Å². The van der Waals surface area contributed by atoms with Crippen LogP contribution in [0.1, 0.15) is 6.92 Å². The number of halogens is 3. The molecule has 0 heterocycles. The van der Waals surface area contributed by atoms with Crippen LogP contribution in [0.5, 0.6) is 0 Å². The summed E-state index contributed by atoms with van der Waals surface area (Å²) in [5.41, 5.74) is 0. The molecule has 7 heteroatoms. The number of alkyl halides is 3. The van der Waals surface area contributed by atoms with Gasteiger partial charge in [-0.15, -0.1) is 0 Å². The van der Waals surface area contributed by atoms with Gasteiger partial charge in [0.05, 0.1) is 6.61 Å². The number of nitrogens with zero attached hydrogens (tertiary/aromatic N) is 1. The first-order chi connectivity index (χ1) is 6.29. The molecule has 0 fully saturated rings. The molecule has 0 aromatic carbocycles. The maximum atomic E-state index is 11.8. The summed E-state index contributed by atoms with van der Waals surface area (Å²) in [6.07, 6.45) is -4.96. The molecule has 0 atom stereocenters. The highest BCUT2D eigenvalue weighted by atomic mass is 19.4. The fraction of sp³-hybridized carbons (Fsp3) is 0.714. The van der Waals surface area contributed by atoms with Crippen LogP contribution in [0.15, 0.2) is 0 Å². The number of rotatable bonds is 3. The third-order valence-electron chi connectivity index (χ3n) is 1.26. The number of ether oxygens (including phenoxy) is 1. The normalized spacial score (nSPS) is 10.9. The van der Waals surface area contributed by atoms with E-state index < -0.39 is 24.6 Å². The predicted octanol–water partition coefficient (Wildman–Crippen LogP) is 0.570. The van der Waals surface area contributed by atoms with Gasteiger partial charge in [0.25, 0.3) is 0 Å². The molecule has 0 bridgehead atoms. The molecule has 14 heavy (non-hydrogen) atoms. The second-order valence-electron chi connectivity index (χ2n) is 2.46. The second kappa shape index (κ2) is 4.83. The average Bonchev–Trinajstić information content (AvgIpc) is 2.01. The minimum Gasteiger partial charge on any atom is -0.465 e. The highest BCUT2D eigenvalue weighted by molar-refractivity contribution is 5.85. The molecule has 0 spiro atoms. The Kier molecular flexibility index (Phi) is 4.39. The molecule has 0 rings (SSSR count). The van der Waals surface area contributed by atoms with Gasteiger partial charge in [0.1, 0.15) is 6.54 Å². The lowest BCUT2D eigenvalue weighted by molar-refractivity contribution is -0.185. The smallest absolute Gasteiger partial charge is 0.465 e. The molecule has 0 aliphatic rings. The van der Waals surface area contributed by atoms with Crippen molar-refractivity contribution in [3.05, 3.63) is 0 Å². The first-order valence-corrected chi connectivity index (χ1v) is 3.77. The van der Waals surface area contributed by atoms with Crippen LogP contribution in [-0.2, 0) is 14.3 Å². The summed E-state index contributed by atoms with van der Waals surface area (Å²) in [5, 5.41) is 0. The van der Waals surface area contributed by atoms with Gasteiger partial charge in [-0.1, -0.05) is 0 Å². The number of likely N-dealkylation sites (N-methyl/N-ethyl adjacent to an activating group) is 1. The summed E-state index contributed by atoms with van der Waals surface area (Å²) in [7, 11) is 0.882. The number of hydrogen-bond acceptors (Lipinski definition) is 3. The fourth-order valence-corrected chi connectivity index (χ4v) is 0.688. The van der Waals surface area contributed by atoms with Crippen molar-refractivity contribution < 1.29 is 27.5 Å². The number of carbonyl (C=O) groups is 2. The van der Waals surface area contributed by atoms with E-state index in [1.54, 1.807) is 0 Å². The zero-order valence-corrected chi connectivity index (χ0v) is 7.72. The van der Waals surface area contributed by atoms with Crippen LogP contribution < -0.4 is 0 Å². The van der Waals surface area contributed by atoms with Crippen LogP contribution >= 0.6 is 0 Å². The topological polar surface area (TPSA) is 46.6 Å². The zero-order valence-electron chi connectivity index (χ0n) is 7.72. The van der Waals surface area contributed by atoms with E-state index in [2.05, 4.69) is 4.74 Å². The van der Waals surface area contributed by atoms with Crippen LogP contribution in [-0.4, -0.2) is 43.2 Å². The van der Waals surface area contributed by atoms with E-state index in [0.29, 0.717) is 0 Å². The molecule has 0 saturated heterocycles. The van der Waals surface area contributed by atoms with Crippen molar-refractivity contribution in [1.82, 2.24) is 4.90 Å². The molecule has 0 aromatic heterocycles. The molecule has 0 unspecified atom stereocenters. The van der Waals surface area contributed by atoms with Crippen molar-refractivity contribution in [3.8, 4) is 0 Å². The van der Waals surface area contributed by atoms with Gasteiger partial charge in [0.15, 0.2) is 0 Å². The van der Waals surface area contributed by atoms with Gasteiger partial charge in [0.2, 0.25) is 0 Å².